The second kappa shape index (κ2) is 8.23. The van der Waals surface area contributed by atoms with Gasteiger partial charge in [0.25, 0.3) is 0 Å². The van der Waals surface area contributed by atoms with E-state index in [1.165, 1.54) is 24.8 Å². The average Bonchev–Trinajstić information content (AvgIpc) is 3.34. The lowest BCUT2D eigenvalue weighted by Crippen LogP contribution is -2.08. The van der Waals surface area contributed by atoms with Crippen LogP contribution in [0.4, 0.5) is 10.2 Å². The van der Waals surface area contributed by atoms with Gasteiger partial charge in [-0.05, 0) is 34.1 Å². The summed E-state index contributed by atoms with van der Waals surface area (Å²) in [6.45, 7) is 1.36. The van der Waals surface area contributed by atoms with Crippen LogP contribution in [0.15, 0.2) is 64.4 Å². The van der Waals surface area contributed by atoms with Gasteiger partial charge >= 0.3 is 0 Å². The minimum atomic E-state index is -0.318. The van der Waals surface area contributed by atoms with Gasteiger partial charge in [0.2, 0.25) is 11.7 Å². The minimum Gasteiger partial charge on any atom is -0.306 e. The van der Waals surface area contributed by atoms with Crippen molar-refractivity contribution in [1.82, 2.24) is 25.1 Å². The van der Waals surface area contributed by atoms with E-state index in [0.717, 1.165) is 5.69 Å². The number of para-hydroxylation sites is 1. The van der Waals surface area contributed by atoms with E-state index in [2.05, 4.69) is 25.8 Å². The number of halogens is 1. The fourth-order valence-corrected chi connectivity index (χ4v) is 3.61. The van der Waals surface area contributed by atoms with Crippen molar-refractivity contribution in [3.8, 4) is 17.2 Å². The largest absolute Gasteiger partial charge is 0.306 e. The first-order valence-corrected chi connectivity index (χ1v) is 9.59. The van der Waals surface area contributed by atoms with Crippen LogP contribution in [0.3, 0.4) is 0 Å². The van der Waals surface area contributed by atoms with Crippen molar-refractivity contribution in [3.05, 3.63) is 66.0 Å². The number of amides is 1. The molecule has 0 unspecified atom stereocenters. The third-order valence-electron chi connectivity index (χ3n) is 3.96. The van der Waals surface area contributed by atoms with Crippen LogP contribution in [-0.2, 0) is 10.5 Å². The molecule has 2 heterocycles. The van der Waals surface area contributed by atoms with Crippen LogP contribution in [0.5, 0.6) is 0 Å². The number of aromatic nitrogens is 5. The molecule has 0 spiro atoms. The quantitative estimate of drug-likeness (QED) is 0.484. The summed E-state index contributed by atoms with van der Waals surface area (Å²) in [4.78, 5) is 11.4. The molecule has 0 aliphatic carbocycles. The fraction of sp³-hybridized carbons (Fsp3) is 0.105. The third-order valence-corrected chi connectivity index (χ3v) is 4.93. The Bertz CT molecular complexity index is 1140. The molecule has 29 heavy (non-hydrogen) atoms. The van der Waals surface area contributed by atoms with Gasteiger partial charge in [0.05, 0.1) is 0 Å². The lowest BCUT2D eigenvalue weighted by atomic mass is 10.2. The Kier molecular flexibility index (Phi) is 5.34. The van der Waals surface area contributed by atoms with Crippen molar-refractivity contribution in [2.24, 2.45) is 0 Å². The number of carbonyl (C=O) groups excluding carboxylic acids is 1. The molecule has 2 aromatic carbocycles. The first kappa shape index (κ1) is 18.8. The van der Waals surface area contributed by atoms with Gasteiger partial charge in [-0.1, -0.05) is 48.2 Å². The number of rotatable bonds is 6. The number of hydrogen-bond donors (Lipinski definition) is 1. The molecule has 2 aromatic heterocycles. The lowest BCUT2D eigenvalue weighted by molar-refractivity contribution is -0.114. The molecule has 0 bridgehead atoms. The van der Waals surface area contributed by atoms with Gasteiger partial charge < -0.3 is 5.32 Å². The van der Waals surface area contributed by atoms with Crippen molar-refractivity contribution >= 4 is 23.5 Å². The minimum absolute atomic E-state index is 0.146. The first-order chi connectivity index (χ1) is 14.1. The van der Waals surface area contributed by atoms with E-state index in [0.29, 0.717) is 22.3 Å². The van der Waals surface area contributed by atoms with Crippen molar-refractivity contribution in [2.45, 2.75) is 17.8 Å². The van der Waals surface area contributed by atoms with Gasteiger partial charge in [-0.3, -0.25) is 9.36 Å². The molecule has 4 aromatic rings. The second-order valence-electron chi connectivity index (χ2n) is 6.00. The number of nitrogens with zero attached hydrogens (tertiary/aromatic N) is 5. The number of benzene rings is 2. The van der Waals surface area contributed by atoms with E-state index >= 15 is 0 Å². The number of carbonyl (C=O) groups is 1. The molecule has 0 saturated carbocycles. The number of nitrogens with one attached hydrogen (secondary N) is 1. The topological polar surface area (TPSA) is 98.7 Å². The first-order valence-electron chi connectivity index (χ1n) is 8.61. The molecule has 0 fully saturated rings. The predicted octanol–water partition coefficient (Wildman–Crippen LogP) is 3.71. The van der Waals surface area contributed by atoms with Crippen LogP contribution >= 0.6 is 11.8 Å². The number of thioether (sulfide) groups is 1. The maximum absolute atomic E-state index is 14.0. The molecule has 0 aliphatic heterocycles. The molecule has 4 rings (SSSR count). The van der Waals surface area contributed by atoms with Crippen LogP contribution in [0.1, 0.15) is 12.5 Å². The third kappa shape index (κ3) is 4.02. The molecule has 0 radical (unpaired) electrons. The molecule has 146 valence electrons. The van der Waals surface area contributed by atoms with E-state index in [4.69, 9.17) is 4.63 Å². The highest BCUT2D eigenvalue weighted by Gasteiger charge is 2.23. The SMILES string of the molecule is CC(=O)Nc1nonc1-c1nnc(SCc2ccccc2F)n1-c1ccccc1. The molecule has 8 nitrogen and oxygen atoms in total. The van der Waals surface area contributed by atoms with Crippen LogP contribution in [-0.4, -0.2) is 31.0 Å². The second-order valence-corrected chi connectivity index (χ2v) is 6.94. The smallest absolute Gasteiger partial charge is 0.222 e. The summed E-state index contributed by atoms with van der Waals surface area (Å²) in [5, 5.41) is 19.2. The highest BCUT2D eigenvalue weighted by molar-refractivity contribution is 7.98. The molecule has 0 aliphatic rings. The normalized spacial score (nSPS) is 10.8. The van der Waals surface area contributed by atoms with Crippen molar-refractivity contribution in [3.63, 3.8) is 0 Å². The Hall–Kier alpha value is -3.53. The average molecular weight is 410 g/mol. The molecular weight excluding hydrogens is 395 g/mol. The highest BCUT2D eigenvalue weighted by atomic mass is 32.2. The lowest BCUT2D eigenvalue weighted by Gasteiger charge is -2.09. The Morgan fingerprint density at radius 1 is 1.10 bits per heavy atom. The van der Waals surface area contributed by atoms with Gasteiger partial charge in [-0.2, -0.15) is 0 Å². The van der Waals surface area contributed by atoms with Crippen LogP contribution in [0, 0.1) is 5.82 Å². The summed E-state index contributed by atoms with van der Waals surface area (Å²) in [5.41, 5.74) is 1.58. The van der Waals surface area contributed by atoms with Gasteiger partial charge in [-0.15, -0.1) is 10.2 Å². The van der Waals surface area contributed by atoms with Crippen molar-refractivity contribution in [2.75, 3.05) is 5.32 Å². The number of anilines is 1. The summed E-state index contributed by atoms with van der Waals surface area (Å²) in [6, 6.07) is 16.0. The van der Waals surface area contributed by atoms with Crippen molar-refractivity contribution < 1.29 is 13.8 Å². The highest BCUT2D eigenvalue weighted by Crippen LogP contribution is 2.31. The summed E-state index contributed by atoms with van der Waals surface area (Å²) in [6.07, 6.45) is 0. The van der Waals surface area contributed by atoms with Gasteiger partial charge in [0.1, 0.15) is 5.82 Å². The molecule has 0 saturated heterocycles. The zero-order valence-electron chi connectivity index (χ0n) is 15.2. The van der Waals surface area contributed by atoms with Gasteiger partial charge in [0, 0.05) is 18.4 Å². The van der Waals surface area contributed by atoms with Crippen LogP contribution in [0.25, 0.3) is 17.2 Å². The summed E-state index contributed by atoms with van der Waals surface area (Å²) in [5.74, 6) is 0.263. The van der Waals surface area contributed by atoms with Gasteiger partial charge in [-0.25, -0.2) is 9.02 Å². The summed E-state index contributed by atoms with van der Waals surface area (Å²) >= 11 is 1.33. The maximum Gasteiger partial charge on any atom is 0.222 e. The van der Waals surface area contributed by atoms with Crippen molar-refractivity contribution in [1.29, 1.82) is 0 Å². The zero-order valence-corrected chi connectivity index (χ0v) is 16.1. The standard InChI is InChI=1S/C19H15FN6O2S/c1-12(27)21-17-16(24-28-25-17)18-22-23-19(26(18)14-8-3-2-4-9-14)29-11-13-7-5-6-10-15(13)20/h2-10H,11H2,1H3,(H,21,25,27). The monoisotopic (exact) mass is 410 g/mol. The number of hydrogen-bond acceptors (Lipinski definition) is 7. The zero-order chi connectivity index (χ0) is 20.2. The van der Waals surface area contributed by atoms with Crippen LogP contribution < -0.4 is 5.32 Å². The Labute approximate surface area is 169 Å². The van der Waals surface area contributed by atoms with E-state index in [1.54, 1.807) is 22.8 Å². The molecule has 1 amide bonds. The molecule has 10 heteroatoms. The van der Waals surface area contributed by atoms with E-state index in [9.17, 15) is 9.18 Å². The predicted molar refractivity (Wildman–Crippen MR) is 105 cm³/mol. The molecule has 1 N–H and O–H groups in total. The van der Waals surface area contributed by atoms with Gasteiger partial charge in [0.15, 0.2) is 16.7 Å². The fourth-order valence-electron chi connectivity index (χ4n) is 2.67. The summed E-state index contributed by atoms with van der Waals surface area (Å²) < 4.78 is 20.5. The van der Waals surface area contributed by atoms with Crippen LogP contribution in [0.2, 0.25) is 0 Å². The summed E-state index contributed by atoms with van der Waals surface area (Å²) in [7, 11) is 0. The maximum atomic E-state index is 14.0. The van der Waals surface area contributed by atoms with E-state index < -0.39 is 0 Å². The van der Waals surface area contributed by atoms with E-state index in [-0.39, 0.29) is 23.2 Å². The molecular formula is C19H15FN6O2S. The Morgan fingerprint density at radius 3 is 2.62 bits per heavy atom. The Balaban J connectivity index is 1.75. The molecule has 0 atom stereocenters. The Morgan fingerprint density at radius 2 is 1.86 bits per heavy atom. The van der Waals surface area contributed by atoms with E-state index in [1.807, 2.05) is 30.3 Å².